The quantitative estimate of drug-likeness (QED) is 0.620. The first-order chi connectivity index (χ1) is 9.83. The summed E-state index contributed by atoms with van der Waals surface area (Å²) in [4.78, 5) is 13.3. The molecule has 4 heteroatoms. The minimum Gasteiger partial charge on any atom is -0.464 e. The highest BCUT2D eigenvalue weighted by Crippen LogP contribution is 2.44. The number of carbonyl (C=O) groups excluding carboxylic acids is 1. The fraction of sp³-hybridized carbons (Fsp3) is 0.0625. The third-order valence-corrected chi connectivity index (χ3v) is 4.46. The highest BCUT2D eigenvalue weighted by Gasteiger charge is 2.31. The Hall–Kier alpha value is -2.20. The number of furan rings is 1. The van der Waals surface area contributed by atoms with Crippen molar-refractivity contribution in [3.05, 3.63) is 66.1 Å². The van der Waals surface area contributed by atoms with E-state index in [-0.39, 0.29) is 5.97 Å². The molecule has 3 aromatic rings. The van der Waals surface area contributed by atoms with Gasteiger partial charge in [0.1, 0.15) is 0 Å². The molecule has 4 rings (SSSR count). The highest BCUT2D eigenvalue weighted by atomic mass is 32.2. The molecule has 0 amide bonds. The summed E-state index contributed by atoms with van der Waals surface area (Å²) in [6, 6.07) is 15.4. The Morgan fingerprint density at radius 2 is 1.90 bits per heavy atom. The highest BCUT2D eigenvalue weighted by molar-refractivity contribution is 7.99. The molecule has 1 unspecified atom stereocenters. The summed E-state index contributed by atoms with van der Waals surface area (Å²) >= 11 is 1.50. The van der Waals surface area contributed by atoms with Crippen LogP contribution in [0.5, 0.6) is 0 Å². The molecule has 0 saturated carbocycles. The predicted octanol–water partition coefficient (Wildman–Crippen LogP) is 4.39. The van der Waals surface area contributed by atoms with Crippen LogP contribution in [0.1, 0.15) is 21.6 Å². The van der Waals surface area contributed by atoms with Gasteiger partial charge in [0.2, 0.25) is 5.44 Å². The van der Waals surface area contributed by atoms with Gasteiger partial charge in [-0.25, -0.2) is 4.79 Å². The molecular weight excluding hydrogens is 272 g/mol. The summed E-state index contributed by atoms with van der Waals surface area (Å²) in [6.07, 6.45) is 1.58. The van der Waals surface area contributed by atoms with Crippen molar-refractivity contribution in [2.75, 3.05) is 0 Å². The molecule has 0 bridgehead atoms. The normalized spacial score (nSPS) is 17.8. The van der Waals surface area contributed by atoms with Crippen molar-refractivity contribution in [2.45, 2.75) is 10.3 Å². The fourth-order valence-corrected chi connectivity index (χ4v) is 3.47. The number of carbonyl (C=O) groups is 1. The maximum Gasteiger partial charge on any atom is 0.341 e. The summed E-state index contributed by atoms with van der Waals surface area (Å²) in [5, 5.41) is 1.97. The van der Waals surface area contributed by atoms with E-state index in [2.05, 4.69) is 0 Å². The summed E-state index contributed by atoms with van der Waals surface area (Å²) in [5.41, 5.74) is 0.238. The van der Waals surface area contributed by atoms with E-state index in [1.165, 1.54) is 11.8 Å². The van der Waals surface area contributed by atoms with E-state index in [0.717, 1.165) is 15.7 Å². The van der Waals surface area contributed by atoms with Crippen LogP contribution in [0.4, 0.5) is 0 Å². The van der Waals surface area contributed by atoms with Gasteiger partial charge in [-0.15, -0.1) is 0 Å². The average Bonchev–Trinajstić information content (AvgIpc) is 3.01. The number of hydrogen-bond donors (Lipinski definition) is 0. The third kappa shape index (κ3) is 1.72. The lowest BCUT2D eigenvalue weighted by molar-refractivity contribution is 0.0412. The van der Waals surface area contributed by atoms with Crippen LogP contribution in [0.3, 0.4) is 0 Å². The molecule has 0 radical (unpaired) electrons. The van der Waals surface area contributed by atoms with E-state index in [4.69, 9.17) is 9.15 Å². The number of fused-ring (bicyclic) bond motifs is 3. The topological polar surface area (TPSA) is 39.4 Å². The van der Waals surface area contributed by atoms with Crippen molar-refractivity contribution in [1.82, 2.24) is 0 Å². The molecule has 2 heterocycles. The second-order valence-electron chi connectivity index (χ2n) is 4.53. The largest absolute Gasteiger partial charge is 0.464 e. The molecule has 0 fully saturated rings. The second kappa shape index (κ2) is 4.42. The number of benzene rings is 2. The smallest absolute Gasteiger partial charge is 0.341 e. The monoisotopic (exact) mass is 282 g/mol. The van der Waals surface area contributed by atoms with Gasteiger partial charge in [0.15, 0.2) is 5.76 Å². The molecule has 2 aromatic carbocycles. The SMILES string of the molecule is O=C1OC(c2ccco2)Sc2ccc3ccccc3c21. The lowest BCUT2D eigenvalue weighted by Crippen LogP contribution is -2.15. The average molecular weight is 282 g/mol. The molecule has 20 heavy (non-hydrogen) atoms. The maximum atomic E-state index is 12.3. The lowest BCUT2D eigenvalue weighted by Gasteiger charge is -2.23. The minimum absolute atomic E-state index is 0.294. The molecule has 0 saturated heterocycles. The summed E-state index contributed by atoms with van der Waals surface area (Å²) in [7, 11) is 0. The van der Waals surface area contributed by atoms with Crippen LogP contribution in [0.15, 0.2) is 64.1 Å². The molecule has 1 aromatic heterocycles. The fourth-order valence-electron chi connectivity index (χ4n) is 2.40. The van der Waals surface area contributed by atoms with Gasteiger partial charge < -0.3 is 9.15 Å². The Bertz CT molecular complexity index is 793. The van der Waals surface area contributed by atoms with Crippen molar-refractivity contribution in [3.63, 3.8) is 0 Å². The summed E-state index contributed by atoms with van der Waals surface area (Å²) in [6.45, 7) is 0. The Balaban J connectivity index is 1.86. The van der Waals surface area contributed by atoms with Gasteiger partial charge >= 0.3 is 5.97 Å². The van der Waals surface area contributed by atoms with Crippen LogP contribution < -0.4 is 0 Å². The molecule has 1 aliphatic rings. The molecule has 98 valence electrons. The molecule has 1 atom stereocenters. The molecule has 1 aliphatic heterocycles. The van der Waals surface area contributed by atoms with E-state index >= 15 is 0 Å². The maximum absolute atomic E-state index is 12.3. The zero-order chi connectivity index (χ0) is 13.5. The first-order valence-corrected chi connectivity index (χ1v) is 7.14. The van der Waals surface area contributed by atoms with Crippen LogP contribution in [0.2, 0.25) is 0 Å². The number of thioether (sulfide) groups is 1. The van der Waals surface area contributed by atoms with Gasteiger partial charge in [0.05, 0.1) is 11.8 Å². The standard InChI is InChI=1S/C16H10O3S/c17-15-14-11-5-2-1-4-10(11)7-8-13(14)20-16(19-15)12-6-3-9-18-12/h1-9,16H. The van der Waals surface area contributed by atoms with E-state index < -0.39 is 5.44 Å². The Labute approximate surface area is 119 Å². The first-order valence-electron chi connectivity index (χ1n) is 6.26. The third-order valence-electron chi connectivity index (χ3n) is 3.32. The summed E-state index contributed by atoms with van der Waals surface area (Å²) in [5.74, 6) is 0.360. The molecule has 0 N–H and O–H groups in total. The number of rotatable bonds is 1. The van der Waals surface area contributed by atoms with E-state index in [1.807, 2.05) is 42.5 Å². The number of hydrogen-bond acceptors (Lipinski definition) is 4. The zero-order valence-corrected chi connectivity index (χ0v) is 11.2. The van der Waals surface area contributed by atoms with Crippen molar-refractivity contribution in [3.8, 4) is 0 Å². The van der Waals surface area contributed by atoms with Crippen LogP contribution in [0.25, 0.3) is 10.8 Å². The van der Waals surface area contributed by atoms with Crippen LogP contribution in [-0.4, -0.2) is 5.97 Å². The van der Waals surface area contributed by atoms with E-state index in [1.54, 1.807) is 12.3 Å². The lowest BCUT2D eigenvalue weighted by atomic mass is 10.0. The van der Waals surface area contributed by atoms with Gasteiger partial charge in [-0.05, 0) is 29.0 Å². The van der Waals surface area contributed by atoms with E-state index in [9.17, 15) is 4.79 Å². The Morgan fingerprint density at radius 3 is 2.75 bits per heavy atom. The van der Waals surface area contributed by atoms with Gasteiger partial charge in [-0.2, -0.15) is 0 Å². The van der Waals surface area contributed by atoms with Gasteiger partial charge in [0.25, 0.3) is 0 Å². The van der Waals surface area contributed by atoms with Gasteiger partial charge in [0, 0.05) is 4.90 Å². The van der Waals surface area contributed by atoms with Crippen LogP contribution >= 0.6 is 11.8 Å². The molecule has 0 spiro atoms. The van der Waals surface area contributed by atoms with Crippen LogP contribution in [0, 0.1) is 0 Å². The van der Waals surface area contributed by atoms with Crippen LogP contribution in [-0.2, 0) is 4.74 Å². The Morgan fingerprint density at radius 1 is 1.00 bits per heavy atom. The van der Waals surface area contributed by atoms with Crippen molar-refractivity contribution >= 4 is 28.5 Å². The van der Waals surface area contributed by atoms with E-state index in [0.29, 0.717) is 11.3 Å². The van der Waals surface area contributed by atoms with Crippen molar-refractivity contribution < 1.29 is 13.9 Å². The van der Waals surface area contributed by atoms with Crippen molar-refractivity contribution in [1.29, 1.82) is 0 Å². The minimum atomic E-state index is -0.411. The first kappa shape index (κ1) is 11.6. The zero-order valence-electron chi connectivity index (χ0n) is 10.4. The van der Waals surface area contributed by atoms with Gasteiger partial charge in [-0.1, -0.05) is 42.1 Å². The van der Waals surface area contributed by atoms with Gasteiger partial charge in [-0.3, -0.25) is 0 Å². The summed E-state index contributed by atoms with van der Waals surface area (Å²) < 4.78 is 10.8. The number of ether oxygens (including phenoxy) is 1. The Kier molecular flexibility index (Phi) is 2.57. The molecule has 0 aliphatic carbocycles. The van der Waals surface area contributed by atoms with Crippen molar-refractivity contribution in [2.24, 2.45) is 0 Å². The predicted molar refractivity (Wildman–Crippen MR) is 76.7 cm³/mol. The molecule has 3 nitrogen and oxygen atoms in total. The number of cyclic esters (lactones) is 1. The second-order valence-corrected chi connectivity index (χ2v) is 5.63. The molecular formula is C16H10O3S. The number of esters is 1.